The van der Waals surface area contributed by atoms with Gasteiger partial charge < -0.3 is 10.1 Å². The van der Waals surface area contributed by atoms with Gasteiger partial charge in [0.25, 0.3) is 0 Å². The highest BCUT2D eigenvalue weighted by atomic mass is 16.5. The minimum absolute atomic E-state index is 0.263. The topological polar surface area (TPSA) is 56.1 Å². The van der Waals surface area contributed by atoms with Crippen molar-refractivity contribution in [2.24, 2.45) is 0 Å². The van der Waals surface area contributed by atoms with Crippen LogP contribution in [-0.2, 0) is 4.74 Å². The van der Waals surface area contributed by atoms with Gasteiger partial charge in [-0.1, -0.05) is 36.4 Å². The zero-order valence-corrected chi connectivity index (χ0v) is 12.8. The number of rotatable bonds is 5. The van der Waals surface area contributed by atoms with Crippen LogP contribution in [0.15, 0.2) is 67.0 Å². The summed E-state index contributed by atoms with van der Waals surface area (Å²) in [5.74, 6) is 0.140. The summed E-state index contributed by atoms with van der Waals surface area (Å²) >= 11 is 0. The van der Waals surface area contributed by atoms with Crippen molar-refractivity contribution < 1.29 is 9.53 Å². The molecule has 1 heterocycles. The molecule has 116 valence electrons. The Balaban J connectivity index is 2.05. The lowest BCUT2D eigenvalue weighted by molar-refractivity contribution is 0.0521. The second-order valence-electron chi connectivity index (χ2n) is 4.86. The van der Waals surface area contributed by atoms with Crippen LogP contribution in [0.4, 0.5) is 11.5 Å². The number of hydrogen-bond acceptors (Lipinski definition) is 4. The van der Waals surface area contributed by atoms with Gasteiger partial charge in [-0.15, -0.1) is 0 Å². The highest BCUT2D eigenvalue weighted by Gasteiger charge is 2.20. The summed E-state index contributed by atoms with van der Waals surface area (Å²) in [4.78, 5) is 16.4. The third kappa shape index (κ3) is 3.23. The molecular weight excluding hydrogens is 290 g/mol. The van der Waals surface area contributed by atoms with Crippen molar-refractivity contribution in [3.05, 3.63) is 72.7 Å². The van der Waals surface area contributed by atoms with Gasteiger partial charge in [-0.2, -0.15) is 0 Å². The number of benzene rings is 2. The predicted molar refractivity (Wildman–Crippen MR) is 89.2 cm³/mol. The Bertz CT molecular complexity index is 783. The Morgan fingerprint density at radius 2 is 1.74 bits per heavy atom. The van der Waals surface area contributed by atoms with Crippen molar-refractivity contribution in [1.82, 2.24) is 9.55 Å². The van der Waals surface area contributed by atoms with E-state index >= 15 is 0 Å². The van der Waals surface area contributed by atoms with Crippen molar-refractivity contribution in [2.45, 2.75) is 6.92 Å². The highest BCUT2D eigenvalue weighted by Crippen LogP contribution is 2.24. The van der Waals surface area contributed by atoms with Gasteiger partial charge in [0, 0.05) is 11.4 Å². The van der Waals surface area contributed by atoms with E-state index in [2.05, 4.69) is 10.3 Å². The van der Waals surface area contributed by atoms with E-state index in [4.69, 9.17) is 4.74 Å². The molecule has 3 rings (SSSR count). The maximum Gasteiger partial charge on any atom is 0.360 e. The Hall–Kier alpha value is -3.08. The SMILES string of the molecule is CCOC(=O)c1ncn(-c2ccccc2)c1Nc1ccccc1. The summed E-state index contributed by atoms with van der Waals surface area (Å²) in [6.07, 6.45) is 1.62. The molecular formula is C18H17N3O2. The first-order valence-electron chi connectivity index (χ1n) is 7.41. The molecule has 0 aliphatic heterocycles. The van der Waals surface area contributed by atoms with Crippen LogP contribution in [0.3, 0.4) is 0 Å². The van der Waals surface area contributed by atoms with E-state index in [-0.39, 0.29) is 5.69 Å². The average Bonchev–Trinajstić information content (AvgIpc) is 3.00. The number of para-hydroxylation sites is 2. The smallest absolute Gasteiger partial charge is 0.360 e. The van der Waals surface area contributed by atoms with Gasteiger partial charge in [0.2, 0.25) is 0 Å². The number of ether oxygens (including phenoxy) is 1. The van der Waals surface area contributed by atoms with E-state index in [1.165, 1.54) is 0 Å². The molecule has 1 N–H and O–H groups in total. The number of hydrogen-bond donors (Lipinski definition) is 1. The Labute approximate surface area is 134 Å². The minimum atomic E-state index is -0.444. The van der Waals surface area contributed by atoms with Crippen LogP contribution in [0.5, 0.6) is 0 Å². The number of nitrogens with zero attached hydrogens (tertiary/aromatic N) is 2. The maximum atomic E-state index is 12.2. The molecule has 0 saturated heterocycles. The Morgan fingerprint density at radius 3 is 2.39 bits per heavy atom. The zero-order valence-electron chi connectivity index (χ0n) is 12.8. The largest absolute Gasteiger partial charge is 0.461 e. The fourth-order valence-electron chi connectivity index (χ4n) is 2.26. The normalized spacial score (nSPS) is 10.3. The molecule has 5 heteroatoms. The first-order chi connectivity index (χ1) is 11.3. The lowest BCUT2D eigenvalue weighted by Gasteiger charge is -2.12. The molecule has 0 unspecified atom stereocenters. The molecule has 0 fully saturated rings. The average molecular weight is 307 g/mol. The third-order valence-corrected chi connectivity index (χ3v) is 3.31. The summed E-state index contributed by atoms with van der Waals surface area (Å²) in [5.41, 5.74) is 2.05. The first kappa shape index (κ1) is 14.8. The van der Waals surface area contributed by atoms with Crippen LogP contribution in [0.2, 0.25) is 0 Å². The van der Waals surface area contributed by atoms with Gasteiger partial charge in [0.1, 0.15) is 12.1 Å². The van der Waals surface area contributed by atoms with Crippen LogP contribution in [0, 0.1) is 0 Å². The van der Waals surface area contributed by atoms with Gasteiger partial charge in [-0.3, -0.25) is 4.57 Å². The number of carbonyl (C=O) groups is 1. The molecule has 0 bridgehead atoms. The molecule has 0 atom stereocenters. The lowest BCUT2D eigenvalue weighted by atomic mass is 10.3. The summed E-state index contributed by atoms with van der Waals surface area (Å²) in [7, 11) is 0. The molecule has 0 radical (unpaired) electrons. The van der Waals surface area contributed by atoms with Crippen molar-refractivity contribution >= 4 is 17.5 Å². The van der Waals surface area contributed by atoms with Gasteiger partial charge in [0.15, 0.2) is 5.69 Å². The fraction of sp³-hybridized carbons (Fsp3) is 0.111. The van der Waals surface area contributed by atoms with E-state index < -0.39 is 5.97 Å². The van der Waals surface area contributed by atoms with E-state index in [0.29, 0.717) is 12.4 Å². The Morgan fingerprint density at radius 1 is 1.09 bits per heavy atom. The van der Waals surface area contributed by atoms with Crippen LogP contribution in [0.25, 0.3) is 5.69 Å². The maximum absolute atomic E-state index is 12.2. The standard InChI is InChI=1S/C18H17N3O2/c1-2-23-18(22)16-17(20-14-9-5-3-6-10-14)21(13-19-16)15-11-7-4-8-12-15/h3-13,20H,2H2,1H3. The second-order valence-corrected chi connectivity index (χ2v) is 4.86. The molecule has 0 aliphatic carbocycles. The number of anilines is 2. The highest BCUT2D eigenvalue weighted by molar-refractivity contribution is 5.94. The van der Waals surface area contributed by atoms with Gasteiger partial charge in [-0.05, 0) is 31.2 Å². The summed E-state index contributed by atoms with van der Waals surface area (Å²) in [6, 6.07) is 19.4. The van der Waals surface area contributed by atoms with E-state index in [9.17, 15) is 4.79 Å². The predicted octanol–water partition coefficient (Wildman–Crippen LogP) is 3.79. The number of carbonyl (C=O) groups excluding carboxylic acids is 1. The van der Waals surface area contributed by atoms with Crippen LogP contribution in [-0.4, -0.2) is 22.1 Å². The van der Waals surface area contributed by atoms with Crippen LogP contribution >= 0.6 is 0 Å². The first-order valence-corrected chi connectivity index (χ1v) is 7.41. The van der Waals surface area contributed by atoms with E-state index in [1.807, 2.05) is 65.2 Å². The lowest BCUT2D eigenvalue weighted by Crippen LogP contribution is -2.09. The molecule has 0 aliphatic rings. The number of nitrogens with one attached hydrogen (secondary N) is 1. The van der Waals surface area contributed by atoms with Gasteiger partial charge in [0.05, 0.1) is 6.61 Å². The zero-order chi connectivity index (χ0) is 16.1. The summed E-state index contributed by atoms with van der Waals surface area (Å²) < 4.78 is 6.93. The van der Waals surface area contributed by atoms with Gasteiger partial charge >= 0.3 is 5.97 Å². The molecule has 5 nitrogen and oxygen atoms in total. The quantitative estimate of drug-likeness (QED) is 0.729. The molecule has 0 spiro atoms. The summed E-state index contributed by atoms with van der Waals surface area (Å²) in [6.45, 7) is 2.08. The molecule has 0 saturated carbocycles. The second kappa shape index (κ2) is 6.79. The van der Waals surface area contributed by atoms with Crippen molar-refractivity contribution in [3.8, 4) is 5.69 Å². The fourth-order valence-corrected chi connectivity index (χ4v) is 2.26. The van der Waals surface area contributed by atoms with E-state index in [1.54, 1.807) is 13.3 Å². The van der Waals surface area contributed by atoms with Crippen LogP contribution in [0.1, 0.15) is 17.4 Å². The minimum Gasteiger partial charge on any atom is -0.461 e. The van der Waals surface area contributed by atoms with Crippen molar-refractivity contribution in [1.29, 1.82) is 0 Å². The van der Waals surface area contributed by atoms with E-state index in [0.717, 1.165) is 11.4 Å². The number of aromatic nitrogens is 2. The number of esters is 1. The monoisotopic (exact) mass is 307 g/mol. The molecule has 23 heavy (non-hydrogen) atoms. The number of imidazole rings is 1. The van der Waals surface area contributed by atoms with Crippen molar-refractivity contribution in [2.75, 3.05) is 11.9 Å². The molecule has 1 aromatic heterocycles. The molecule has 2 aromatic carbocycles. The Kier molecular flexibility index (Phi) is 4.38. The van der Waals surface area contributed by atoms with Crippen LogP contribution < -0.4 is 5.32 Å². The molecule has 3 aromatic rings. The van der Waals surface area contributed by atoms with Crippen molar-refractivity contribution in [3.63, 3.8) is 0 Å². The summed E-state index contributed by atoms with van der Waals surface area (Å²) in [5, 5.41) is 3.26. The molecule has 0 amide bonds. The third-order valence-electron chi connectivity index (χ3n) is 3.31. The van der Waals surface area contributed by atoms with Gasteiger partial charge in [-0.25, -0.2) is 9.78 Å².